The fourth-order valence-electron chi connectivity index (χ4n) is 4.10. The van der Waals surface area contributed by atoms with Crippen LogP contribution in [-0.4, -0.2) is 30.5 Å². The van der Waals surface area contributed by atoms with Crippen LogP contribution in [0.2, 0.25) is 0 Å². The number of nitrogens with one attached hydrogen (secondary N) is 1. The van der Waals surface area contributed by atoms with E-state index in [4.69, 9.17) is 17.5 Å². The summed E-state index contributed by atoms with van der Waals surface area (Å²) in [4.78, 5) is 27.8. The van der Waals surface area contributed by atoms with Gasteiger partial charge < -0.3 is 10.2 Å². The van der Waals surface area contributed by atoms with E-state index in [2.05, 4.69) is 5.32 Å². The second-order valence-corrected chi connectivity index (χ2v) is 9.56. The number of carbonyl (C=O) groups excluding carboxylic acids is 2. The lowest BCUT2D eigenvalue weighted by molar-refractivity contribution is -0.137. The lowest BCUT2D eigenvalue weighted by atomic mass is 9.84. The Kier molecular flexibility index (Phi) is 7.69. The number of alkyl halides is 3. The molecule has 1 N–H and O–H groups in total. The molecule has 1 aliphatic heterocycles. The maximum atomic E-state index is 14.8. The van der Waals surface area contributed by atoms with Gasteiger partial charge in [-0.15, -0.1) is 0 Å². The van der Waals surface area contributed by atoms with Gasteiger partial charge in [-0.3, -0.25) is 14.5 Å². The summed E-state index contributed by atoms with van der Waals surface area (Å²) >= 11 is 5.60. The van der Waals surface area contributed by atoms with E-state index in [-0.39, 0.29) is 35.0 Å². The van der Waals surface area contributed by atoms with E-state index >= 15 is 0 Å². The zero-order valence-corrected chi connectivity index (χ0v) is 20.7. The molecule has 36 heavy (non-hydrogen) atoms. The SMILES string of the molecule is CNC(=O)c1ccc(N2CCCC(C)(C)CC(=O)N(c3ccc(C#N)c(C(F)(F)F)c3)C2=S)cc1F. The van der Waals surface area contributed by atoms with Crippen molar-refractivity contribution in [3.63, 3.8) is 0 Å². The number of amides is 2. The number of nitriles is 1. The highest BCUT2D eigenvalue weighted by atomic mass is 32.1. The van der Waals surface area contributed by atoms with Gasteiger partial charge in [-0.05, 0) is 66.9 Å². The second kappa shape index (κ2) is 10.2. The van der Waals surface area contributed by atoms with E-state index in [1.54, 1.807) is 0 Å². The third-order valence-corrected chi connectivity index (χ3v) is 6.36. The molecule has 0 saturated carbocycles. The van der Waals surface area contributed by atoms with Crippen molar-refractivity contribution in [1.29, 1.82) is 5.26 Å². The van der Waals surface area contributed by atoms with Crippen LogP contribution in [0.3, 0.4) is 0 Å². The lowest BCUT2D eigenvalue weighted by Crippen LogP contribution is -2.47. The molecule has 1 heterocycles. The summed E-state index contributed by atoms with van der Waals surface area (Å²) in [5.74, 6) is -1.97. The maximum Gasteiger partial charge on any atom is 0.417 e. The molecule has 190 valence electrons. The average Bonchev–Trinajstić information content (AvgIpc) is 2.84. The zero-order chi connectivity index (χ0) is 26.8. The molecule has 0 spiro atoms. The molecule has 0 unspecified atom stereocenters. The van der Waals surface area contributed by atoms with Gasteiger partial charge in [-0.25, -0.2) is 4.39 Å². The topological polar surface area (TPSA) is 76.4 Å². The molecule has 1 saturated heterocycles. The Morgan fingerprint density at radius 1 is 1.17 bits per heavy atom. The molecule has 2 amide bonds. The number of hydrogen-bond acceptors (Lipinski definition) is 4. The summed E-state index contributed by atoms with van der Waals surface area (Å²) in [6.07, 6.45) is -3.66. The summed E-state index contributed by atoms with van der Waals surface area (Å²) < 4.78 is 55.7. The van der Waals surface area contributed by atoms with Crippen LogP contribution in [0.25, 0.3) is 0 Å². The molecule has 0 aromatic heterocycles. The van der Waals surface area contributed by atoms with E-state index in [9.17, 15) is 27.2 Å². The number of carbonyl (C=O) groups is 2. The highest BCUT2D eigenvalue weighted by Crippen LogP contribution is 2.37. The third kappa shape index (κ3) is 5.65. The summed E-state index contributed by atoms with van der Waals surface area (Å²) in [7, 11) is 1.37. The van der Waals surface area contributed by atoms with Crippen LogP contribution in [0.15, 0.2) is 36.4 Å². The van der Waals surface area contributed by atoms with Crippen molar-refractivity contribution in [3.8, 4) is 6.07 Å². The maximum absolute atomic E-state index is 14.8. The van der Waals surface area contributed by atoms with Crippen LogP contribution in [0.1, 0.15) is 54.6 Å². The summed E-state index contributed by atoms with van der Waals surface area (Å²) in [5.41, 5.74) is -2.35. The monoisotopic (exact) mass is 520 g/mol. The van der Waals surface area contributed by atoms with Crippen LogP contribution in [0.5, 0.6) is 0 Å². The van der Waals surface area contributed by atoms with Crippen LogP contribution >= 0.6 is 12.2 Å². The van der Waals surface area contributed by atoms with Gasteiger partial charge in [-0.1, -0.05) is 13.8 Å². The smallest absolute Gasteiger partial charge is 0.355 e. The van der Waals surface area contributed by atoms with Gasteiger partial charge >= 0.3 is 6.18 Å². The summed E-state index contributed by atoms with van der Waals surface area (Å²) in [6, 6.07) is 8.31. The minimum Gasteiger partial charge on any atom is -0.355 e. The zero-order valence-electron chi connectivity index (χ0n) is 19.9. The van der Waals surface area contributed by atoms with Gasteiger partial charge in [0.15, 0.2) is 5.11 Å². The first-order valence-electron chi connectivity index (χ1n) is 11.1. The lowest BCUT2D eigenvalue weighted by Gasteiger charge is -2.32. The number of hydrogen-bond donors (Lipinski definition) is 1. The molecule has 2 aromatic carbocycles. The van der Waals surface area contributed by atoms with Crippen molar-refractivity contribution in [2.24, 2.45) is 5.41 Å². The predicted octanol–water partition coefficient (Wildman–Crippen LogP) is 5.41. The minimum atomic E-state index is -4.83. The number of anilines is 2. The van der Waals surface area contributed by atoms with Gasteiger partial charge in [0.1, 0.15) is 5.82 Å². The van der Waals surface area contributed by atoms with Gasteiger partial charge in [0.25, 0.3) is 5.91 Å². The first-order valence-corrected chi connectivity index (χ1v) is 11.5. The van der Waals surface area contributed by atoms with E-state index in [0.717, 1.165) is 23.1 Å². The molecule has 0 atom stereocenters. The van der Waals surface area contributed by atoms with E-state index in [1.807, 2.05) is 13.8 Å². The number of benzene rings is 2. The second-order valence-electron chi connectivity index (χ2n) is 9.19. The van der Waals surface area contributed by atoms with Gasteiger partial charge in [0.2, 0.25) is 5.91 Å². The van der Waals surface area contributed by atoms with Crippen molar-refractivity contribution in [3.05, 3.63) is 58.9 Å². The number of nitrogens with zero attached hydrogens (tertiary/aromatic N) is 3. The molecule has 3 rings (SSSR count). The predicted molar refractivity (Wildman–Crippen MR) is 131 cm³/mol. The van der Waals surface area contributed by atoms with Crippen molar-refractivity contribution < 1.29 is 27.2 Å². The molecule has 2 aromatic rings. The molecular weight excluding hydrogens is 496 g/mol. The largest absolute Gasteiger partial charge is 0.417 e. The molecule has 6 nitrogen and oxygen atoms in total. The molecule has 1 aliphatic rings. The average molecular weight is 521 g/mol. The highest BCUT2D eigenvalue weighted by molar-refractivity contribution is 7.81. The Morgan fingerprint density at radius 2 is 1.83 bits per heavy atom. The summed E-state index contributed by atoms with van der Waals surface area (Å²) in [5, 5.41) is 11.3. The van der Waals surface area contributed by atoms with Crippen molar-refractivity contribution in [2.75, 3.05) is 23.4 Å². The molecular formula is C25H24F4N4O2S. The minimum absolute atomic E-state index is 0.00625. The number of rotatable bonds is 3. The normalized spacial score (nSPS) is 16.6. The number of thiocarbonyl (C=S) groups is 1. The highest BCUT2D eigenvalue weighted by Gasteiger charge is 2.37. The van der Waals surface area contributed by atoms with E-state index in [1.165, 1.54) is 36.2 Å². The van der Waals surface area contributed by atoms with Crippen molar-refractivity contribution >= 4 is 40.5 Å². The fourth-order valence-corrected chi connectivity index (χ4v) is 4.51. The number of halogens is 4. The molecule has 0 bridgehead atoms. The molecule has 0 aliphatic carbocycles. The van der Waals surface area contributed by atoms with E-state index < -0.39 is 40.3 Å². The van der Waals surface area contributed by atoms with E-state index in [0.29, 0.717) is 12.8 Å². The van der Waals surface area contributed by atoms with Crippen LogP contribution < -0.4 is 15.1 Å². The fraction of sp³-hybridized carbons (Fsp3) is 0.360. The van der Waals surface area contributed by atoms with Crippen LogP contribution in [0, 0.1) is 22.6 Å². The Bertz CT molecular complexity index is 1250. The van der Waals surface area contributed by atoms with Gasteiger partial charge in [0.05, 0.1) is 28.4 Å². The van der Waals surface area contributed by atoms with Crippen LogP contribution in [-0.2, 0) is 11.0 Å². The Labute approximate surface area is 211 Å². The van der Waals surface area contributed by atoms with Crippen LogP contribution in [0.4, 0.5) is 28.9 Å². The van der Waals surface area contributed by atoms with Crippen molar-refractivity contribution in [2.45, 2.75) is 39.3 Å². The third-order valence-electron chi connectivity index (χ3n) is 5.96. The first kappa shape index (κ1) is 27.1. The first-order chi connectivity index (χ1) is 16.8. The molecule has 1 fully saturated rings. The summed E-state index contributed by atoms with van der Waals surface area (Å²) in [6.45, 7) is 4.01. The Morgan fingerprint density at radius 3 is 2.42 bits per heavy atom. The molecule has 0 radical (unpaired) electrons. The quantitative estimate of drug-likeness (QED) is 0.433. The van der Waals surface area contributed by atoms with Crippen molar-refractivity contribution in [1.82, 2.24) is 5.32 Å². The molecule has 11 heteroatoms. The van der Waals surface area contributed by atoms with Gasteiger partial charge in [-0.2, -0.15) is 18.4 Å². The van der Waals surface area contributed by atoms with Gasteiger partial charge in [0, 0.05) is 25.7 Å². The Hall–Kier alpha value is -3.52. The Balaban J connectivity index is 2.15. The standard InChI is InChI=1S/C25H24F4N4O2S/c1-24(2)9-4-10-32(16-7-8-18(20(26)12-16)22(35)31-3)23(36)33(21(34)13-24)17-6-5-15(14-30)19(11-17)25(27,28)29/h5-8,11-12H,4,9-10,13H2,1-3H3,(H,31,35).